The summed E-state index contributed by atoms with van der Waals surface area (Å²) in [6, 6.07) is 0. The third-order valence-corrected chi connectivity index (χ3v) is 8.71. The van der Waals surface area contributed by atoms with E-state index in [0.29, 0.717) is 60.0 Å². The minimum absolute atomic E-state index is 0. The van der Waals surface area contributed by atoms with Gasteiger partial charge < -0.3 is 0 Å². The van der Waals surface area contributed by atoms with E-state index in [1.807, 2.05) is 48.5 Å². The molecule has 0 spiro atoms. The van der Waals surface area contributed by atoms with Crippen molar-refractivity contribution in [3.05, 3.63) is 0 Å². The zero-order valence-corrected chi connectivity index (χ0v) is 39.1. The fourth-order valence-corrected chi connectivity index (χ4v) is 4.91. The van der Waals surface area contributed by atoms with Gasteiger partial charge in [-0.25, -0.2) is 0 Å². The second-order valence-electron chi connectivity index (χ2n) is 18.3. The van der Waals surface area contributed by atoms with Gasteiger partial charge in [0.05, 0.1) is 0 Å². The lowest BCUT2D eigenvalue weighted by molar-refractivity contribution is -0.126. The van der Waals surface area contributed by atoms with E-state index in [-0.39, 0.29) is 12.8 Å². The molecule has 0 fully saturated rings. The lowest BCUT2D eigenvalue weighted by Crippen LogP contribution is -2.18. The maximum atomic E-state index is 11.0. The summed E-state index contributed by atoms with van der Waals surface area (Å²) in [6.07, 6.45) is 20.7. The van der Waals surface area contributed by atoms with Gasteiger partial charge in [-0.05, 0) is 61.7 Å². The molecule has 0 radical (unpaired) electrons. The topological polar surface area (TPSA) is 85.3 Å². The monoisotopic (exact) mass is 769 g/mol. The van der Waals surface area contributed by atoms with Crippen molar-refractivity contribution in [3.63, 3.8) is 0 Å². The number of unbranched alkanes of at least 4 members (excludes halogenated alkanes) is 3. The number of hydrogen-bond acceptors (Lipinski definition) is 5. The van der Waals surface area contributed by atoms with Crippen LogP contribution in [0, 0.1) is 28.6 Å². The maximum Gasteiger partial charge on any atom is 0.137 e. The van der Waals surface area contributed by atoms with E-state index in [1.165, 1.54) is 44.9 Å². The number of Topliss-reactive ketones (excluding diaryl/α,β-unsaturated/α-hetero) is 5. The van der Waals surface area contributed by atoms with Crippen molar-refractivity contribution in [3.8, 4) is 0 Å². The third-order valence-electron chi connectivity index (χ3n) is 8.71. The molecule has 0 bridgehead atoms. The van der Waals surface area contributed by atoms with Gasteiger partial charge in [-0.1, -0.05) is 164 Å². The molecule has 326 valence electrons. The Balaban J connectivity index is -0.000000134. The highest BCUT2D eigenvalue weighted by Crippen LogP contribution is 2.22. The lowest BCUT2D eigenvalue weighted by Gasteiger charge is -2.17. The van der Waals surface area contributed by atoms with Gasteiger partial charge in [0.1, 0.15) is 28.9 Å². The lowest BCUT2D eigenvalue weighted by atomic mass is 9.89. The van der Waals surface area contributed by atoms with Gasteiger partial charge in [-0.2, -0.15) is 0 Å². The summed E-state index contributed by atoms with van der Waals surface area (Å²) in [5, 5.41) is 0. The predicted octanol–water partition coefficient (Wildman–Crippen LogP) is 15.8. The van der Waals surface area contributed by atoms with Gasteiger partial charge in [-0.3, -0.25) is 24.0 Å². The standard InChI is InChI=1S/C12H24O.2C10H20O.C9H18O.C7H14O.CH4/c1-5-11(13)9-7-6-8-10-12(2,3)4;1-4-10(11)8-6-5-7-9(2)3;1-4-6-10(11)8-5-7-9(2)3;1-4-9(10)7-5-6-8(2)3;1-5-6(8)7(2,3)4;/h5-10H2,1-4H3;2*9H,4-8H2,1-3H3;8H,4-7H2,1-3H3;5H2,1-4H3;1H4. The Kier molecular flexibility index (Phi) is 50.6. The fraction of sp³-hybridized carbons (Fsp3) is 0.898. The number of carbonyl (C=O) groups is 5. The molecular formula is C49H100O5. The Morgan fingerprint density at radius 3 is 1.02 bits per heavy atom. The molecule has 0 aliphatic carbocycles. The summed E-state index contributed by atoms with van der Waals surface area (Å²) < 4.78 is 0. The molecule has 0 aliphatic rings. The highest BCUT2D eigenvalue weighted by Gasteiger charge is 2.18. The predicted molar refractivity (Wildman–Crippen MR) is 241 cm³/mol. The van der Waals surface area contributed by atoms with Gasteiger partial charge >= 0.3 is 0 Å². The van der Waals surface area contributed by atoms with Crippen LogP contribution < -0.4 is 0 Å². The van der Waals surface area contributed by atoms with E-state index < -0.39 is 0 Å². The van der Waals surface area contributed by atoms with Crippen LogP contribution in [0.15, 0.2) is 0 Å². The number of hydrogen-bond donors (Lipinski definition) is 0. The molecule has 5 nitrogen and oxygen atoms in total. The molecule has 0 saturated heterocycles. The van der Waals surface area contributed by atoms with Crippen LogP contribution in [0.1, 0.15) is 260 Å². The molecule has 0 atom stereocenters. The second-order valence-corrected chi connectivity index (χ2v) is 18.3. The third kappa shape index (κ3) is 65.3. The van der Waals surface area contributed by atoms with Crippen molar-refractivity contribution in [2.75, 3.05) is 0 Å². The van der Waals surface area contributed by atoms with E-state index in [1.54, 1.807) is 0 Å². The van der Waals surface area contributed by atoms with E-state index >= 15 is 0 Å². The molecular weight excluding hydrogens is 669 g/mol. The first-order valence-corrected chi connectivity index (χ1v) is 22.0. The molecule has 0 amide bonds. The van der Waals surface area contributed by atoms with Crippen molar-refractivity contribution < 1.29 is 24.0 Å². The summed E-state index contributed by atoms with van der Waals surface area (Å²) >= 11 is 0. The maximum absolute atomic E-state index is 11.0. The van der Waals surface area contributed by atoms with Gasteiger partial charge in [0, 0.05) is 63.2 Å². The zero-order chi connectivity index (χ0) is 42.5. The second kappa shape index (κ2) is 42.5. The molecule has 0 N–H and O–H groups in total. The molecule has 54 heavy (non-hydrogen) atoms. The van der Waals surface area contributed by atoms with Crippen LogP contribution in [0.5, 0.6) is 0 Å². The Hall–Kier alpha value is -1.65. The number of carbonyl (C=O) groups excluding carboxylic acids is 5. The summed E-state index contributed by atoms with van der Waals surface area (Å²) in [7, 11) is 0. The molecule has 0 unspecified atom stereocenters. The number of rotatable bonds is 24. The largest absolute Gasteiger partial charge is 0.300 e. The summed E-state index contributed by atoms with van der Waals surface area (Å²) in [6.45, 7) is 35.6. The van der Waals surface area contributed by atoms with Crippen LogP contribution >= 0.6 is 0 Å². The first-order valence-electron chi connectivity index (χ1n) is 22.0. The zero-order valence-electron chi connectivity index (χ0n) is 39.1. The summed E-state index contributed by atoms with van der Waals surface area (Å²) in [5.74, 6) is 4.26. The molecule has 0 aromatic rings. The van der Waals surface area contributed by atoms with E-state index in [0.717, 1.165) is 82.0 Å². The van der Waals surface area contributed by atoms with Crippen LogP contribution in [-0.2, 0) is 24.0 Å². The Bertz CT molecular complexity index is 867. The smallest absolute Gasteiger partial charge is 0.137 e. The molecule has 0 rings (SSSR count). The van der Waals surface area contributed by atoms with Crippen molar-refractivity contribution in [2.45, 2.75) is 260 Å². The average molecular weight is 769 g/mol. The molecule has 0 saturated carbocycles. The number of ketones is 5. The van der Waals surface area contributed by atoms with Crippen molar-refractivity contribution >= 4 is 28.9 Å². The molecule has 0 aromatic carbocycles. The molecule has 0 aromatic heterocycles. The Morgan fingerprint density at radius 1 is 0.407 bits per heavy atom. The van der Waals surface area contributed by atoms with E-state index in [9.17, 15) is 24.0 Å². The minimum atomic E-state index is -0.130. The van der Waals surface area contributed by atoms with Gasteiger partial charge in [0.25, 0.3) is 0 Å². The van der Waals surface area contributed by atoms with Crippen molar-refractivity contribution in [2.24, 2.45) is 28.6 Å². The van der Waals surface area contributed by atoms with Crippen molar-refractivity contribution in [1.29, 1.82) is 0 Å². The Labute approximate surface area is 340 Å². The summed E-state index contributed by atoms with van der Waals surface area (Å²) in [5.41, 5.74) is 0.323. The molecule has 5 heteroatoms. The fourth-order valence-electron chi connectivity index (χ4n) is 4.91. The van der Waals surface area contributed by atoms with Crippen molar-refractivity contribution in [1.82, 2.24) is 0 Å². The quantitative estimate of drug-likeness (QED) is 0.0913. The Morgan fingerprint density at radius 2 is 0.741 bits per heavy atom. The minimum Gasteiger partial charge on any atom is -0.300 e. The van der Waals surface area contributed by atoms with Crippen LogP contribution in [0.4, 0.5) is 0 Å². The highest BCUT2D eigenvalue weighted by molar-refractivity contribution is 5.83. The van der Waals surface area contributed by atoms with Gasteiger partial charge in [0.15, 0.2) is 0 Å². The van der Waals surface area contributed by atoms with Crippen LogP contribution in [0.2, 0.25) is 0 Å². The van der Waals surface area contributed by atoms with E-state index in [2.05, 4.69) is 69.2 Å². The first kappa shape index (κ1) is 64.3. The SMILES string of the molecule is C.CCC(=O)C(C)(C)C.CCC(=O)CCCC(C)C.CCC(=O)CCCCC(C)C.CCC(=O)CCCCCC(C)(C)C.CCCC(=O)CCCC(C)C. The summed E-state index contributed by atoms with van der Waals surface area (Å²) in [4.78, 5) is 54.5. The molecule has 0 aliphatic heterocycles. The van der Waals surface area contributed by atoms with Crippen LogP contribution in [-0.4, -0.2) is 28.9 Å². The van der Waals surface area contributed by atoms with Crippen LogP contribution in [0.25, 0.3) is 0 Å². The average Bonchev–Trinajstić information content (AvgIpc) is 3.05. The van der Waals surface area contributed by atoms with Gasteiger partial charge in [0.2, 0.25) is 0 Å². The van der Waals surface area contributed by atoms with Crippen LogP contribution in [0.3, 0.4) is 0 Å². The van der Waals surface area contributed by atoms with Gasteiger partial charge in [-0.15, -0.1) is 0 Å². The normalized spacial score (nSPS) is 10.7. The van der Waals surface area contributed by atoms with E-state index in [4.69, 9.17) is 0 Å². The molecule has 0 heterocycles. The first-order chi connectivity index (χ1) is 24.4. The highest BCUT2D eigenvalue weighted by atomic mass is 16.1.